The van der Waals surface area contributed by atoms with E-state index in [1.54, 1.807) is 0 Å². The van der Waals surface area contributed by atoms with E-state index in [1.165, 1.54) is 0 Å². The molecule has 0 unspecified atom stereocenters. The summed E-state index contributed by atoms with van der Waals surface area (Å²) in [6, 6.07) is 0. The number of rotatable bonds is 6. The monoisotopic (exact) mass is 173 g/mol. The molecule has 0 atom stereocenters. The van der Waals surface area contributed by atoms with Gasteiger partial charge in [0.05, 0.1) is 0 Å². The van der Waals surface area contributed by atoms with Gasteiger partial charge in [0.1, 0.15) is 0 Å². The van der Waals surface area contributed by atoms with Crippen LogP contribution in [0, 0.1) is 0 Å². The lowest BCUT2D eigenvalue weighted by Crippen LogP contribution is -2.27. The van der Waals surface area contributed by atoms with Crippen LogP contribution in [-0.2, 0) is 9.59 Å². The minimum Gasteiger partial charge on any atom is -0.370 e. The number of hydrogen-bond donors (Lipinski definition) is 3. The summed E-state index contributed by atoms with van der Waals surface area (Å²) in [5.74, 6) is -0.426. The summed E-state index contributed by atoms with van der Waals surface area (Å²) in [5.41, 5.74) is 10.0. The van der Waals surface area contributed by atoms with Crippen molar-refractivity contribution < 1.29 is 9.59 Å². The molecule has 0 saturated carbocycles. The Morgan fingerprint density at radius 1 is 1.25 bits per heavy atom. The molecule has 0 radical (unpaired) electrons. The molecule has 0 aromatic carbocycles. The van der Waals surface area contributed by atoms with E-state index in [2.05, 4.69) is 5.32 Å². The van der Waals surface area contributed by atoms with Crippen LogP contribution in [0.5, 0.6) is 0 Å². The minimum atomic E-state index is -0.344. The highest BCUT2D eigenvalue weighted by Crippen LogP contribution is 1.84. The van der Waals surface area contributed by atoms with Crippen molar-refractivity contribution in [2.45, 2.75) is 19.3 Å². The first-order valence-electron chi connectivity index (χ1n) is 3.92. The molecule has 0 rings (SSSR count). The molecule has 0 heterocycles. The van der Waals surface area contributed by atoms with Gasteiger partial charge in [0.15, 0.2) is 0 Å². The summed E-state index contributed by atoms with van der Waals surface area (Å²) in [6.07, 6.45) is 1.23. The van der Waals surface area contributed by atoms with E-state index >= 15 is 0 Å². The van der Waals surface area contributed by atoms with Gasteiger partial charge in [-0.15, -0.1) is 0 Å². The molecule has 12 heavy (non-hydrogen) atoms. The third-order valence-electron chi connectivity index (χ3n) is 1.29. The Balaban J connectivity index is 3.19. The highest BCUT2D eigenvalue weighted by Gasteiger charge is 1.98. The van der Waals surface area contributed by atoms with Crippen LogP contribution in [0.1, 0.15) is 19.3 Å². The summed E-state index contributed by atoms with van der Waals surface area (Å²) in [7, 11) is 0. The molecule has 2 amide bonds. The van der Waals surface area contributed by atoms with E-state index in [9.17, 15) is 9.59 Å². The van der Waals surface area contributed by atoms with E-state index < -0.39 is 0 Å². The summed E-state index contributed by atoms with van der Waals surface area (Å²) < 4.78 is 0. The maximum atomic E-state index is 10.8. The fraction of sp³-hybridized carbons (Fsp3) is 0.714. The van der Waals surface area contributed by atoms with Gasteiger partial charge in [-0.2, -0.15) is 0 Å². The zero-order valence-corrected chi connectivity index (χ0v) is 7.01. The molecule has 0 fully saturated rings. The van der Waals surface area contributed by atoms with Gasteiger partial charge in [0.2, 0.25) is 11.8 Å². The van der Waals surface area contributed by atoms with Gasteiger partial charge in [0.25, 0.3) is 0 Å². The molecular formula is C7H15N3O2. The Labute approximate surface area is 71.5 Å². The van der Waals surface area contributed by atoms with Crippen molar-refractivity contribution >= 4 is 11.8 Å². The van der Waals surface area contributed by atoms with Crippen LogP contribution in [0.2, 0.25) is 0 Å². The largest absolute Gasteiger partial charge is 0.370 e. The molecule has 0 aromatic heterocycles. The molecule has 0 aliphatic heterocycles. The predicted molar refractivity (Wildman–Crippen MR) is 45.1 cm³/mol. The first-order chi connectivity index (χ1) is 5.66. The maximum absolute atomic E-state index is 10.8. The van der Waals surface area contributed by atoms with Crippen molar-refractivity contribution in [3.63, 3.8) is 0 Å². The van der Waals surface area contributed by atoms with Gasteiger partial charge < -0.3 is 16.8 Å². The molecule has 0 aliphatic rings. The first-order valence-corrected chi connectivity index (χ1v) is 3.92. The fourth-order valence-electron chi connectivity index (χ4n) is 0.710. The van der Waals surface area contributed by atoms with Crippen LogP contribution in [0.4, 0.5) is 0 Å². The number of carbonyl (C=O) groups is 2. The van der Waals surface area contributed by atoms with Crippen molar-refractivity contribution in [2.75, 3.05) is 13.1 Å². The molecule has 0 spiro atoms. The quantitative estimate of drug-likeness (QED) is 0.436. The molecule has 5 N–H and O–H groups in total. The van der Waals surface area contributed by atoms with E-state index in [4.69, 9.17) is 11.5 Å². The Bertz CT molecular complexity index is 159. The highest BCUT2D eigenvalue weighted by atomic mass is 16.2. The lowest BCUT2D eigenvalue weighted by atomic mass is 10.3. The Morgan fingerprint density at radius 3 is 2.42 bits per heavy atom. The lowest BCUT2D eigenvalue weighted by molar-refractivity contribution is -0.121. The minimum absolute atomic E-state index is 0.0815. The summed E-state index contributed by atoms with van der Waals surface area (Å²) in [6.45, 7) is 0.837. The number of nitrogens with two attached hydrogens (primary N) is 2. The van der Waals surface area contributed by atoms with Crippen LogP contribution in [0.3, 0.4) is 0 Å². The van der Waals surface area contributed by atoms with Crippen molar-refractivity contribution in [2.24, 2.45) is 11.5 Å². The van der Waals surface area contributed by atoms with Crippen molar-refractivity contribution in [3.8, 4) is 0 Å². The van der Waals surface area contributed by atoms with E-state index in [0.717, 1.165) is 0 Å². The second kappa shape index (κ2) is 6.60. The molecule has 5 heteroatoms. The predicted octanol–water partition coefficient (Wildman–Crippen LogP) is -1.28. The number of carbonyl (C=O) groups excluding carboxylic acids is 2. The summed E-state index contributed by atoms with van der Waals surface area (Å²) in [5, 5.41) is 2.61. The lowest BCUT2D eigenvalue weighted by Gasteiger charge is -2.01. The molecule has 0 aromatic rings. The van der Waals surface area contributed by atoms with E-state index in [0.29, 0.717) is 32.4 Å². The number of primary amides is 1. The normalized spacial score (nSPS) is 9.42. The average Bonchev–Trinajstić information content (AvgIpc) is 1.98. The SMILES string of the molecule is NCCC(=O)NCCCC(N)=O. The standard InChI is InChI=1S/C7H15N3O2/c8-4-3-7(12)10-5-1-2-6(9)11/h1-5,8H2,(H2,9,11)(H,10,12). The van der Waals surface area contributed by atoms with Crippen LogP contribution < -0.4 is 16.8 Å². The topological polar surface area (TPSA) is 98.2 Å². The highest BCUT2D eigenvalue weighted by molar-refractivity contribution is 5.76. The zero-order valence-electron chi connectivity index (χ0n) is 7.01. The Morgan fingerprint density at radius 2 is 1.92 bits per heavy atom. The van der Waals surface area contributed by atoms with Crippen molar-refractivity contribution in [3.05, 3.63) is 0 Å². The van der Waals surface area contributed by atoms with Crippen LogP contribution >= 0.6 is 0 Å². The van der Waals surface area contributed by atoms with E-state index in [1.807, 2.05) is 0 Å². The second-order valence-corrected chi connectivity index (χ2v) is 2.46. The van der Waals surface area contributed by atoms with Gasteiger partial charge >= 0.3 is 0 Å². The van der Waals surface area contributed by atoms with Gasteiger partial charge in [0, 0.05) is 25.9 Å². The van der Waals surface area contributed by atoms with Gasteiger partial charge in [-0.3, -0.25) is 9.59 Å². The molecule has 0 aliphatic carbocycles. The number of amides is 2. The third kappa shape index (κ3) is 7.01. The summed E-state index contributed by atoms with van der Waals surface area (Å²) in [4.78, 5) is 21.0. The van der Waals surface area contributed by atoms with E-state index in [-0.39, 0.29) is 11.8 Å². The molecule has 0 saturated heterocycles. The first kappa shape index (κ1) is 10.9. The molecule has 0 bridgehead atoms. The van der Waals surface area contributed by atoms with Crippen molar-refractivity contribution in [1.82, 2.24) is 5.32 Å². The average molecular weight is 173 g/mol. The number of hydrogen-bond acceptors (Lipinski definition) is 3. The number of nitrogens with one attached hydrogen (secondary N) is 1. The molecular weight excluding hydrogens is 158 g/mol. The smallest absolute Gasteiger partial charge is 0.221 e. The van der Waals surface area contributed by atoms with Gasteiger partial charge in [-0.05, 0) is 6.42 Å². The van der Waals surface area contributed by atoms with Gasteiger partial charge in [-0.25, -0.2) is 0 Å². The second-order valence-electron chi connectivity index (χ2n) is 2.46. The van der Waals surface area contributed by atoms with Crippen LogP contribution in [0.15, 0.2) is 0 Å². The fourth-order valence-corrected chi connectivity index (χ4v) is 0.710. The van der Waals surface area contributed by atoms with Crippen LogP contribution in [-0.4, -0.2) is 24.9 Å². The third-order valence-corrected chi connectivity index (χ3v) is 1.29. The van der Waals surface area contributed by atoms with Gasteiger partial charge in [-0.1, -0.05) is 0 Å². The molecule has 5 nitrogen and oxygen atoms in total. The zero-order chi connectivity index (χ0) is 9.40. The maximum Gasteiger partial charge on any atom is 0.221 e. The Hall–Kier alpha value is -1.10. The summed E-state index contributed by atoms with van der Waals surface area (Å²) >= 11 is 0. The van der Waals surface area contributed by atoms with Crippen LogP contribution in [0.25, 0.3) is 0 Å². The Kier molecular flexibility index (Phi) is 6.00. The van der Waals surface area contributed by atoms with Crippen molar-refractivity contribution in [1.29, 1.82) is 0 Å². The molecule has 70 valence electrons.